The Bertz CT molecular complexity index is 3180. The average Bonchev–Trinajstić information content (AvgIpc) is 3.82. The summed E-state index contributed by atoms with van der Waals surface area (Å²) in [6, 6.07) is 67.1. The summed E-state index contributed by atoms with van der Waals surface area (Å²) in [7, 11) is 0. The van der Waals surface area contributed by atoms with Gasteiger partial charge in [-0.2, -0.15) is 0 Å². The van der Waals surface area contributed by atoms with Crippen molar-refractivity contribution in [2.24, 2.45) is 0 Å². The molecule has 0 atom stereocenters. The molecular weight excluding hydrogens is 685 g/mol. The Kier molecular flexibility index (Phi) is 7.42. The van der Waals surface area contributed by atoms with Gasteiger partial charge in [0.15, 0.2) is 11.4 Å². The van der Waals surface area contributed by atoms with E-state index in [9.17, 15) is 0 Å². The first-order chi connectivity index (χ1) is 27.8. The fraction of sp³-hybridized carbons (Fsp3) is 0. The van der Waals surface area contributed by atoms with E-state index < -0.39 is 0 Å². The van der Waals surface area contributed by atoms with Gasteiger partial charge < -0.3 is 8.98 Å². The number of hydrogen-bond acceptors (Lipinski definition) is 4. The van der Waals surface area contributed by atoms with Gasteiger partial charge in [0, 0.05) is 38.7 Å². The van der Waals surface area contributed by atoms with E-state index in [4.69, 9.17) is 19.4 Å². The van der Waals surface area contributed by atoms with E-state index in [-0.39, 0.29) is 0 Å². The highest BCUT2D eigenvalue weighted by Gasteiger charge is 2.24. The van der Waals surface area contributed by atoms with E-state index in [0.717, 1.165) is 100 Å². The Morgan fingerprint density at radius 1 is 0.393 bits per heavy atom. The molecule has 0 aliphatic carbocycles. The van der Waals surface area contributed by atoms with Gasteiger partial charge in [-0.25, -0.2) is 15.0 Å². The topological polar surface area (TPSA) is 56.7 Å². The second kappa shape index (κ2) is 13.0. The zero-order chi connectivity index (χ0) is 37.0. The maximum Gasteiger partial charge on any atom is 0.161 e. The lowest BCUT2D eigenvalue weighted by molar-refractivity contribution is 0.676. The van der Waals surface area contributed by atoms with Crippen molar-refractivity contribution in [2.75, 3.05) is 0 Å². The highest BCUT2D eigenvalue weighted by molar-refractivity contribution is 6.24. The molecule has 262 valence electrons. The van der Waals surface area contributed by atoms with Crippen molar-refractivity contribution in [3.8, 4) is 62.0 Å². The molecule has 0 fully saturated rings. The van der Waals surface area contributed by atoms with Gasteiger partial charge in [0.1, 0.15) is 11.1 Å². The van der Waals surface area contributed by atoms with E-state index >= 15 is 0 Å². The Labute approximate surface area is 322 Å². The van der Waals surface area contributed by atoms with Crippen molar-refractivity contribution >= 4 is 43.9 Å². The van der Waals surface area contributed by atoms with Gasteiger partial charge in [-0.15, -0.1) is 0 Å². The molecule has 0 saturated carbocycles. The fourth-order valence-corrected chi connectivity index (χ4v) is 7.97. The van der Waals surface area contributed by atoms with Crippen molar-refractivity contribution in [3.05, 3.63) is 194 Å². The summed E-state index contributed by atoms with van der Waals surface area (Å²) < 4.78 is 9.28. The lowest BCUT2D eigenvalue weighted by Crippen LogP contribution is -1.96. The van der Waals surface area contributed by atoms with Crippen molar-refractivity contribution in [1.82, 2.24) is 19.5 Å². The maximum atomic E-state index is 6.93. The van der Waals surface area contributed by atoms with Gasteiger partial charge in [-0.1, -0.05) is 146 Å². The highest BCUT2D eigenvalue weighted by atomic mass is 16.3. The van der Waals surface area contributed by atoms with E-state index in [2.05, 4.69) is 150 Å². The van der Waals surface area contributed by atoms with Crippen LogP contribution in [0.15, 0.2) is 199 Å². The van der Waals surface area contributed by atoms with Crippen LogP contribution < -0.4 is 0 Å². The molecule has 4 aromatic heterocycles. The van der Waals surface area contributed by atoms with E-state index in [0.29, 0.717) is 5.82 Å². The van der Waals surface area contributed by atoms with Crippen molar-refractivity contribution in [3.63, 3.8) is 0 Å². The summed E-state index contributed by atoms with van der Waals surface area (Å²) in [6.07, 6.45) is 0. The van der Waals surface area contributed by atoms with Crippen LogP contribution in [0.1, 0.15) is 0 Å². The third kappa shape index (κ3) is 5.29. The zero-order valence-corrected chi connectivity index (χ0v) is 30.2. The second-order valence-corrected chi connectivity index (χ2v) is 14.0. The quantitative estimate of drug-likeness (QED) is 0.172. The lowest BCUT2D eigenvalue weighted by Gasteiger charge is -2.13. The van der Waals surface area contributed by atoms with Crippen LogP contribution in [0.25, 0.3) is 106 Å². The smallest absolute Gasteiger partial charge is 0.161 e. The number of nitrogens with zero attached hydrogens (tertiary/aromatic N) is 4. The third-order valence-electron chi connectivity index (χ3n) is 10.6. The van der Waals surface area contributed by atoms with Gasteiger partial charge >= 0.3 is 0 Å². The number of fused-ring (bicyclic) bond motifs is 7. The minimum atomic E-state index is 0.697. The zero-order valence-electron chi connectivity index (χ0n) is 30.2. The predicted molar refractivity (Wildman–Crippen MR) is 229 cm³/mol. The van der Waals surface area contributed by atoms with E-state index in [1.165, 1.54) is 0 Å². The molecular formula is C51H32N4O. The maximum absolute atomic E-state index is 6.93. The number of benzene rings is 7. The van der Waals surface area contributed by atoms with Crippen LogP contribution in [-0.2, 0) is 0 Å². The van der Waals surface area contributed by atoms with Gasteiger partial charge in [0.2, 0.25) is 0 Å². The standard InChI is InChI=1S/C51H32N4O/c1-4-16-33(17-5-1)43-32-44(54-51(53-43)35-20-8-3-9-21-35)38-24-14-22-36(30-38)37-23-15-25-39(31-37)55-45-29-13-11-27-41(45)50-48(55)46-47(34-18-6-2-7-19-34)52-42-28-12-10-26-40(42)49(46)56-50/h1-32H. The molecule has 0 N–H and O–H groups in total. The second-order valence-electron chi connectivity index (χ2n) is 14.0. The molecule has 0 aliphatic rings. The van der Waals surface area contributed by atoms with Crippen LogP contribution >= 0.6 is 0 Å². The summed E-state index contributed by atoms with van der Waals surface area (Å²) in [5, 5.41) is 3.05. The Balaban J connectivity index is 1.10. The minimum absolute atomic E-state index is 0.697. The van der Waals surface area contributed by atoms with Crippen LogP contribution in [0.2, 0.25) is 0 Å². The molecule has 0 radical (unpaired) electrons. The molecule has 0 unspecified atom stereocenters. The number of aromatic nitrogens is 4. The molecule has 7 aromatic carbocycles. The number of rotatable bonds is 6. The Morgan fingerprint density at radius 3 is 1.73 bits per heavy atom. The lowest BCUT2D eigenvalue weighted by atomic mass is 10.00. The molecule has 4 heterocycles. The molecule has 11 aromatic rings. The van der Waals surface area contributed by atoms with Gasteiger partial charge in [-0.05, 0) is 59.7 Å². The predicted octanol–water partition coefficient (Wildman–Crippen LogP) is 13.2. The molecule has 0 aliphatic heterocycles. The normalized spacial score (nSPS) is 11.6. The molecule has 0 saturated heterocycles. The van der Waals surface area contributed by atoms with E-state index in [1.807, 2.05) is 48.5 Å². The van der Waals surface area contributed by atoms with Gasteiger partial charge in [-0.3, -0.25) is 0 Å². The summed E-state index contributed by atoms with van der Waals surface area (Å²) in [4.78, 5) is 15.4. The fourth-order valence-electron chi connectivity index (χ4n) is 7.97. The first-order valence-corrected chi connectivity index (χ1v) is 18.8. The van der Waals surface area contributed by atoms with Crippen molar-refractivity contribution in [1.29, 1.82) is 0 Å². The molecule has 0 spiro atoms. The van der Waals surface area contributed by atoms with Crippen LogP contribution in [-0.4, -0.2) is 19.5 Å². The molecule has 0 amide bonds. The average molecular weight is 717 g/mol. The first kappa shape index (κ1) is 31.9. The van der Waals surface area contributed by atoms with E-state index in [1.54, 1.807) is 0 Å². The molecule has 5 heteroatoms. The largest absolute Gasteiger partial charge is 0.453 e. The Morgan fingerprint density at radius 2 is 0.964 bits per heavy atom. The van der Waals surface area contributed by atoms with Crippen molar-refractivity contribution < 1.29 is 4.42 Å². The number of para-hydroxylation sites is 2. The summed E-state index contributed by atoms with van der Waals surface area (Å²) in [5.41, 5.74) is 14.6. The van der Waals surface area contributed by atoms with Crippen LogP contribution in [0.5, 0.6) is 0 Å². The molecule has 5 nitrogen and oxygen atoms in total. The van der Waals surface area contributed by atoms with Crippen molar-refractivity contribution in [2.45, 2.75) is 0 Å². The SMILES string of the molecule is c1ccc(-c2cc(-c3cccc(-c4cccc(-n5c6ccccc6c6oc7c8ccccc8nc(-c8ccccc8)c7c65)c4)c3)nc(-c3ccccc3)n2)cc1. The Hall–Kier alpha value is -7.63. The number of furan rings is 1. The highest BCUT2D eigenvalue weighted by Crippen LogP contribution is 2.44. The first-order valence-electron chi connectivity index (χ1n) is 18.8. The van der Waals surface area contributed by atoms with Crippen LogP contribution in [0.4, 0.5) is 0 Å². The molecule has 0 bridgehead atoms. The molecule has 11 rings (SSSR count). The molecule has 56 heavy (non-hydrogen) atoms. The van der Waals surface area contributed by atoms with Gasteiger partial charge in [0.05, 0.1) is 33.5 Å². The number of pyridine rings is 1. The minimum Gasteiger partial charge on any atom is -0.453 e. The number of hydrogen-bond donors (Lipinski definition) is 0. The summed E-state index contributed by atoms with van der Waals surface area (Å²) in [6.45, 7) is 0. The summed E-state index contributed by atoms with van der Waals surface area (Å²) in [5.74, 6) is 0.697. The summed E-state index contributed by atoms with van der Waals surface area (Å²) >= 11 is 0. The van der Waals surface area contributed by atoms with Crippen LogP contribution in [0.3, 0.4) is 0 Å². The monoisotopic (exact) mass is 716 g/mol. The van der Waals surface area contributed by atoms with Crippen LogP contribution in [0, 0.1) is 0 Å². The van der Waals surface area contributed by atoms with Gasteiger partial charge in [0.25, 0.3) is 0 Å². The third-order valence-corrected chi connectivity index (χ3v) is 10.6.